The first-order chi connectivity index (χ1) is 14.7. The van der Waals surface area contributed by atoms with E-state index in [0.717, 1.165) is 17.5 Å². The maximum absolute atomic E-state index is 13.5. The molecule has 168 valence electrons. The minimum atomic E-state index is -0.611. The summed E-state index contributed by atoms with van der Waals surface area (Å²) < 4.78 is 0. The van der Waals surface area contributed by atoms with Crippen LogP contribution in [0.2, 0.25) is 10.0 Å². The van der Waals surface area contributed by atoms with E-state index >= 15 is 0 Å². The van der Waals surface area contributed by atoms with Crippen molar-refractivity contribution in [1.82, 2.24) is 10.2 Å². The number of nitrogens with zero attached hydrogens (tertiary/aromatic N) is 1. The minimum absolute atomic E-state index is 0.0298. The smallest absolute Gasteiger partial charge is 0.243 e. The lowest BCUT2D eigenvalue weighted by Crippen LogP contribution is -2.51. The van der Waals surface area contributed by atoms with Gasteiger partial charge in [0.2, 0.25) is 11.8 Å². The molecule has 2 rings (SSSR count). The van der Waals surface area contributed by atoms with Gasteiger partial charge in [0, 0.05) is 28.2 Å². The number of nitrogens with one attached hydrogen (secondary N) is 1. The van der Waals surface area contributed by atoms with Crippen LogP contribution in [0.5, 0.6) is 0 Å². The molecule has 0 unspecified atom stereocenters. The first-order valence-corrected chi connectivity index (χ1v) is 11.5. The Kier molecular flexibility index (Phi) is 9.39. The summed E-state index contributed by atoms with van der Waals surface area (Å²) in [6, 6.07) is 10.7. The number of rotatable bonds is 9. The number of carbonyl (C=O) groups excluding carboxylic acids is 2. The molecule has 31 heavy (non-hydrogen) atoms. The topological polar surface area (TPSA) is 49.4 Å². The van der Waals surface area contributed by atoms with Gasteiger partial charge in [0.1, 0.15) is 6.04 Å². The molecule has 0 aliphatic carbocycles. The van der Waals surface area contributed by atoms with Gasteiger partial charge in [-0.25, -0.2) is 0 Å². The van der Waals surface area contributed by atoms with Crippen molar-refractivity contribution in [2.75, 3.05) is 0 Å². The number of hydrogen-bond acceptors (Lipinski definition) is 2. The van der Waals surface area contributed by atoms with E-state index in [4.69, 9.17) is 23.2 Å². The predicted molar refractivity (Wildman–Crippen MR) is 129 cm³/mol. The fourth-order valence-electron chi connectivity index (χ4n) is 3.40. The number of aryl methyl sites for hydroxylation is 2. The maximum Gasteiger partial charge on any atom is 0.243 e. The molecule has 0 saturated heterocycles. The Labute approximate surface area is 195 Å². The molecule has 2 aromatic carbocycles. The first kappa shape index (κ1) is 25.2. The van der Waals surface area contributed by atoms with E-state index in [-0.39, 0.29) is 30.8 Å². The van der Waals surface area contributed by atoms with Crippen molar-refractivity contribution in [3.05, 3.63) is 68.7 Å². The van der Waals surface area contributed by atoms with Crippen LogP contribution in [0.3, 0.4) is 0 Å². The van der Waals surface area contributed by atoms with Crippen LogP contribution in [-0.4, -0.2) is 28.8 Å². The van der Waals surface area contributed by atoms with Gasteiger partial charge in [-0.1, -0.05) is 61.3 Å². The quantitative estimate of drug-likeness (QED) is 0.505. The van der Waals surface area contributed by atoms with Gasteiger partial charge in [-0.2, -0.15) is 0 Å². The van der Waals surface area contributed by atoms with E-state index in [2.05, 4.69) is 5.32 Å². The van der Waals surface area contributed by atoms with Crippen LogP contribution in [0.25, 0.3) is 0 Å². The monoisotopic (exact) mass is 462 g/mol. The van der Waals surface area contributed by atoms with Gasteiger partial charge < -0.3 is 10.2 Å². The highest BCUT2D eigenvalue weighted by Gasteiger charge is 2.30. The summed E-state index contributed by atoms with van der Waals surface area (Å²) in [4.78, 5) is 28.1. The lowest BCUT2D eigenvalue weighted by atomic mass is 10.0. The van der Waals surface area contributed by atoms with Crippen LogP contribution in [-0.2, 0) is 22.6 Å². The lowest BCUT2D eigenvalue weighted by Gasteiger charge is -2.32. The number of carbonyl (C=O) groups is 2. The Morgan fingerprint density at radius 3 is 2.19 bits per heavy atom. The van der Waals surface area contributed by atoms with E-state index in [1.54, 1.807) is 23.1 Å². The summed E-state index contributed by atoms with van der Waals surface area (Å²) in [7, 11) is 0. The number of halogens is 2. The number of benzene rings is 2. The van der Waals surface area contributed by atoms with Gasteiger partial charge in [-0.3, -0.25) is 9.59 Å². The van der Waals surface area contributed by atoms with Gasteiger partial charge in [0.25, 0.3) is 0 Å². The molecule has 0 bridgehead atoms. The second-order valence-electron chi connectivity index (χ2n) is 8.06. The Bertz CT molecular complexity index is 909. The molecule has 1 N–H and O–H groups in total. The molecule has 2 amide bonds. The molecular formula is C25H32Cl2N2O2. The molecule has 0 aliphatic rings. The second kappa shape index (κ2) is 11.5. The second-order valence-corrected chi connectivity index (χ2v) is 8.87. The van der Waals surface area contributed by atoms with Gasteiger partial charge in [-0.05, 0) is 62.4 Å². The molecule has 0 fully saturated rings. The third-order valence-corrected chi connectivity index (χ3v) is 6.41. The summed E-state index contributed by atoms with van der Waals surface area (Å²) in [5.41, 5.74) is 3.87. The molecule has 0 spiro atoms. The molecule has 0 aliphatic heterocycles. The molecule has 0 aromatic heterocycles. The largest absolute Gasteiger partial charge is 0.352 e. The van der Waals surface area contributed by atoms with Crippen molar-refractivity contribution in [1.29, 1.82) is 0 Å². The lowest BCUT2D eigenvalue weighted by molar-refractivity contribution is -0.141. The standard InChI is InChI=1S/C25H32Cl2N2O2/c1-6-18(5)28-25(31)23(7-2)29(15-20-21(26)9-8-10-22(20)27)24(30)14-19-12-11-16(3)17(4)13-19/h8-13,18,23H,6-7,14-15H2,1-5H3,(H,28,31)/t18-,23+/m0/s1. The van der Waals surface area contributed by atoms with E-state index in [1.807, 2.05) is 52.8 Å². The zero-order chi connectivity index (χ0) is 23.1. The fraction of sp³-hybridized carbons (Fsp3) is 0.440. The Morgan fingerprint density at radius 1 is 1.00 bits per heavy atom. The summed E-state index contributed by atoms with van der Waals surface area (Å²) in [5.74, 6) is -0.293. The van der Waals surface area contributed by atoms with Crippen molar-refractivity contribution < 1.29 is 9.59 Å². The molecule has 6 heteroatoms. The van der Waals surface area contributed by atoms with Crippen LogP contribution >= 0.6 is 23.2 Å². The molecule has 0 heterocycles. The zero-order valence-corrected chi connectivity index (χ0v) is 20.5. The minimum Gasteiger partial charge on any atom is -0.352 e. The van der Waals surface area contributed by atoms with Gasteiger partial charge in [0.15, 0.2) is 0 Å². The summed E-state index contributed by atoms with van der Waals surface area (Å²) in [6.07, 6.45) is 1.51. The third-order valence-electron chi connectivity index (χ3n) is 5.70. The predicted octanol–water partition coefficient (Wildman–Crippen LogP) is 5.87. The first-order valence-electron chi connectivity index (χ1n) is 10.8. The molecule has 0 saturated carbocycles. The summed E-state index contributed by atoms with van der Waals surface area (Å²) in [5, 5.41) is 3.97. The highest BCUT2D eigenvalue weighted by molar-refractivity contribution is 6.36. The van der Waals surface area contributed by atoms with Crippen molar-refractivity contribution in [3.63, 3.8) is 0 Å². The normalized spacial score (nSPS) is 12.9. The van der Waals surface area contributed by atoms with Crippen LogP contribution < -0.4 is 5.32 Å². The van der Waals surface area contributed by atoms with Gasteiger partial charge in [0.05, 0.1) is 6.42 Å². The third kappa shape index (κ3) is 6.72. The van der Waals surface area contributed by atoms with Crippen LogP contribution in [0.4, 0.5) is 0 Å². The number of amides is 2. The average molecular weight is 463 g/mol. The summed E-state index contributed by atoms with van der Waals surface area (Å²) >= 11 is 12.8. The average Bonchev–Trinajstić information content (AvgIpc) is 2.72. The zero-order valence-electron chi connectivity index (χ0n) is 19.0. The van der Waals surface area contributed by atoms with E-state index in [1.165, 1.54) is 5.56 Å². The van der Waals surface area contributed by atoms with Crippen molar-refractivity contribution >= 4 is 35.0 Å². The Morgan fingerprint density at radius 2 is 1.65 bits per heavy atom. The van der Waals surface area contributed by atoms with E-state index < -0.39 is 6.04 Å². The Hall–Kier alpha value is -2.04. The van der Waals surface area contributed by atoms with Crippen molar-refractivity contribution in [2.45, 2.75) is 72.5 Å². The molecule has 0 radical (unpaired) electrons. The Balaban J connectivity index is 2.38. The molecule has 4 nitrogen and oxygen atoms in total. The number of hydrogen-bond donors (Lipinski definition) is 1. The summed E-state index contributed by atoms with van der Waals surface area (Å²) in [6.45, 7) is 10.1. The van der Waals surface area contributed by atoms with E-state index in [9.17, 15) is 9.59 Å². The van der Waals surface area contributed by atoms with Crippen LogP contribution in [0, 0.1) is 13.8 Å². The molecule has 2 aromatic rings. The maximum atomic E-state index is 13.5. The SMILES string of the molecule is CC[C@H](C(=O)N[C@@H](C)CC)N(Cc1c(Cl)cccc1Cl)C(=O)Cc1ccc(C)c(C)c1. The molecular weight excluding hydrogens is 431 g/mol. The highest BCUT2D eigenvalue weighted by Crippen LogP contribution is 2.27. The highest BCUT2D eigenvalue weighted by atomic mass is 35.5. The van der Waals surface area contributed by atoms with Crippen molar-refractivity contribution in [3.8, 4) is 0 Å². The molecule has 2 atom stereocenters. The van der Waals surface area contributed by atoms with Gasteiger partial charge >= 0.3 is 0 Å². The van der Waals surface area contributed by atoms with E-state index in [0.29, 0.717) is 22.0 Å². The van der Waals surface area contributed by atoms with Crippen molar-refractivity contribution in [2.24, 2.45) is 0 Å². The van der Waals surface area contributed by atoms with Crippen LogP contribution in [0.15, 0.2) is 36.4 Å². The van der Waals surface area contributed by atoms with Gasteiger partial charge in [-0.15, -0.1) is 0 Å². The van der Waals surface area contributed by atoms with Crippen LogP contribution in [0.1, 0.15) is 55.9 Å². The fourth-order valence-corrected chi connectivity index (χ4v) is 3.92.